The maximum absolute atomic E-state index is 13.4. The number of hydrogen-bond donors (Lipinski definition) is 4. The first-order valence-corrected chi connectivity index (χ1v) is 16.1. The number of halogens is 2. The molecular formula is C34H34Cl2N8O3. The van der Waals surface area contributed by atoms with Gasteiger partial charge < -0.3 is 15.7 Å². The number of amides is 1. The number of aliphatic carboxylic acids is 1. The summed E-state index contributed by atoms with van der Waals surface area (Å²) < 4.78 is 1.75. The summed E-state index contributed by atoms with van der Waals surface area (Å²) in [6.07, 6.45) is 3.22. The number of carboxylic acid groups (broad SMARTS) is 1. The van der Waals surface area contributed by atoms with Crippen molar-refractivity contribution in [3.63, 3.8) is 0 Å². The van der Waals surface area contributed by atoms with Crippen LogP contribution in [0.25, 0.3) is 22.2 Å². The minimum atomic E-state index is -1.14. The summed E-state index contributed by atoms with van der Waals surface area (Å²) in [7, 11) is 0. The number of benzene rings is 2. The molecule has 0 saturated heterocycles. The summed E-state index contributed by atoms with van der Waals surface area (Å²) >= 11 is 13.9. The molecular weight excluding hydrogens is 639 g/mol. The van der Waals surface area contributed by atoms with Crippen molar-refractivity contribution in [2.45, 2.75) is 64.6 Å². The smallest absolute Gasteiger partial charge is 0.323 e. The van der Waals surface area contributed by atoms with Crippen LogP contribution in [0.15, 0.2) is 60.8 Å². The maximum Gasteiger partial charge on any atom is 0.323 e. The van der Waals surface area contributed by atoms with Gasteiger partial charge in [0.05, 0.1) is 38.7 Å². The normalized spacial score (nSPS) is 14.7. The molecule has 11 nitrogen and oxygen atoms in total. The van der Waals surface area contributed by atoms with Crippen LogP contribution in [0, 0.1) is 0 Å². The summed E-state index contributed by atoms with van der Waals surface area (Å²) in [5, 5.41) is 24.3. The lowest BCUT2D eigenvalue weighted by Crippen LogP contribution is -2.49. The van der Waals surface area contributed by atoms with Gasteiger partial charge in [-0.1, -0.05) is 61.3 Å². The summed E-state index contributed by atoms with van der Waals surface area (Å²) in [6, 6.07) is 16.1. The van der Waals surface area contributed by atoms with Crippen LogP contribution in [0.4, 0.5) is 17.2 Å². The molecule has 4 heterocycles. The molecule has 1 aliphatic heterocycles. The second-order valence-electron chi connectivity index (χ2n) is 12.3. The number of hydrogen-bond acceptors (Lipinski definition) is 8. The van der Waals surface area contributed by atoms with Crippen LogP contribution in [-0.4, -0.2) is 47.3 Å². The minimum absolute atomic E-state index is 0.105. The number of rotatable bonds is 9. The number of nitrogens with one attached hydrogen (secondary N) is 3. The molecule has 2 aromatic carbocycles. The van der Waals surface area contributed by atoms with Gasteiger partial charge in [0, 0.05) is 29.8 Å². The Morgan fingerprint density at radius 2 is 1.70 bits per heavy atom. The predicted octanol–water partition coefficient (Wildman–Crippen LogP) is 7.60. The number of aromatic nitrogens is 5. The molecule has 1 amide bonds. The highest BCUT2D eigenvalue weighted by atomic mass is 35.5. The zero-order chi connectivity index (χ0) is 33.5. The number of carboxylic acids is 1. The molecule has 3 aromatic heterocycles. The van der Waals surface area contributed by atoms with E-state index in [0.717, 1.165) is 24.1 Å². The van der Waals surface area contributed by atoms with Crippen molar-refractivity contribution >= 4 is 63.3 Å². The Morgan fingerprint density at radius 1 is 1.00 bits per heavy atom. The van der Waals surface area contributed by atoms with E-state index < -0.39 is 17.4 Å². The third-order valence-electron chi connectivity index (χ3n) is 8.11. The molecule has 0 spiro atoms. The van der Waals surface area contributed by atoms with Gasteiger partial charge in [-0.05, 0) is 57.0 Å². The monoisotopic (exact) mass is 672 g/mol. The molecule has 5 aromatic rings. The van der Waals surface area contributed by atoms with Crippen LogP contribution in [0.1, 0.15) is 74.5 Å². The topological polar surface area (TPSA) is 147 Å². The van der Waals surface area contributed by atoms with Crippen molar-refractivity contribution < 1.29 is 14.7 Å². The van der Waals surface area contributed by atoms with Gasteiger partial charge in [-0.25, -0.2) is 9.97 Å². The number of carbonyl (C=O) groups excluding carboxylic acids is 1. The lowest BCUT2D eigenvalue weighted by molar-refractivity contribution is -0.143. The standard InChI is InChI=1S/C34H34Cl2N8O3/c1-18(2)30-39-24-13-7-15-37-29(24)31(41-30)38-22-11-5-9-19(27(22)35)20-10-6-12-23(28(20)36)40-32(45)25-17-26-21(14-8-16-44(26)43-25)42-34(3,4)33(46)47/h5-7,9-13,15,17-18,21,42H,8,14,16H2,1-4H3,(H,40,45)(H,46,47)(H,38,39,41)/t21-/m0/s1. The van der Waals surface area contributed by atoms with Gasteiger partial charge >= 0.3 is 5.97 Å². The van der Waals surface area contributed by atoms with Crippen molar-refractivity contribution in [3.8, 4) is 11.1 Å². The Morgan fingerprint density at radius 3 is 2.40 bits per heavy atom. The highest BCUT2D eigenvalue weighted by Crippen LogP contribution is 2.41. The third-order valence-corrected chi connectivity index (χ3v) is 8.92. The molecule has 0 fully saturated rings. The van der Waals surface area contributed by atoms with Crippen LogP contribution < -0.4 is 16.0 Å². The number of carbonyl (C=O) groups is 2. The van der Waals surface area contributed by atoms with Crippen molar-refractivity contribution in [1.82, 2.24) is 30.0 Å². The largest absolute Gasteiger partial charge is 0.480 e. The van der Waals surface area contributed by atoms with E-state index in [1.807, 2.05) is 50.2 Å². The van der Waals surface area contributed by atoms with Crippen molar-refractivity contribution in [2.24, 2.45) is 0 Å². The Kier molecular flexibility index (Phi) is 8.88. The Hall–Kier alpha value is -4.58. The zero-order valence-electron chi connectivity index (χ0n) is 26.3. The number of fused-ring (bicyclic) bond motifs is 2. The SMILES string of the molecule is CC(C)c1nc(Nc2cccc(-c3cccc(NC(=O)c4cc5n(n4)CCC[C@@H]5NC(C)(C)C(=O)O)c3Cl)c2Cl)c2ncccc2n1. The van der Waals surface area contributed by atoms with Gasteiger partial charge in [0.1, 0.15) is 16.9 Å². The molecule has 1 aliphatic rings. The van der Waals surface area contributed by atoms with Gasteiger partial charge in [0.15, 0.2) is 11.5 Å². The van der Waals surface area contributed by atoms with E-state index in [0.29, 0.717) is 56.3 Å². The first-order chi connectivity index (χ1) is 22.4. The van der Waals surface area contributed by atoms with E-state index >= 15 is 0 Å². The van der Waals surface area contributed by atoms with E-state index in [-0.39, 0.29) is 17.7 Å². The fourth-order valence-corrected chi connectivity index (χ4v) is 6.11. The van der Waals surface area contributed by atoms with E-state index in [9.17, 15) is 14.7 Å². The summed E-state index contributed by atoms with van der Waals surface area (Å²) in [5.74, 6) is -0.0671. The van der Waals surface area contributed by atoms with E-state index in [1.54, 1.807) is 42.9 Å². The van der Waals surface area contributed by atoms with Crippen molar-refractivity contribution in [1.29, 1.82) is 0 Å². The number of aryl methyl sites for hydroxylation is 1. The van der Waals surface area contributed by atoms with Crippen molar-refractivity contribution in [2.75, 3.05) is 10.6 Å². The molecule has 0 unspecified atom stereocenters. The minimum Gasteiger partial charge on any atom is -0.480 e. The Labute approximate surface area is 281 Å². The second-order valence-corrected chi connectivity index (χ2v) is 13.1. The van der Waals surface area contributed by atoms with Gasteiger partial charge in [-0.2, -0.15) is 5.10 Å². The average molecular weight is 674 g/mol. The zero-order valence-corrected chi connectivity index (χ0v) is 27.8. The number of pyridine rings is 1. The highest BCUT2D eigenvalue weighted by Gasteiger charge is 2.34. The molecule has 0 aliphatic carbocycles. The van der Waals surface area contributed by atoms with Gasteiger partial charge in [-0.3, -0.25) is 24.6 Å². The molecule has 47 heavy (non-hydrogen) atoms. The second kappa shape index (κ2) is 12.9. The molecule has 242 valence electrons. The van der Waals surface area contributed by atoms with Crippen LogP contribution in [0.2, 0.25) is 10.0 Å². The maximum atomic E-state index is 13.4. The fourth-order valence-electron chi connectivity index (χ4n) is 5.56. The first kappa shape index (κ1) is 32.4. The Balaban J connectivity index is 1.27. The molecule has 0 saturated carbocycles. The number of anilines is 3. The van der Waals surface area contributed by atoms with Crippen LogP contribution >= 0.6 is 23.2 Å². The van der Waals surface area contributed by atoms with Crippen LogP contribution in [0.5, 0.6) is 0 Å². The molecule has 6 rings (SSSR count). The molecule has 13 heteroatoms. The third kappa shape index (κ3) is 6.51. The highest BCUT2D eigenvalue weighted by molar-refractivity contribution is 6.39. The van der Waals surface area contributed by atoms with Crippen LogP contribution in [0.3, 0.4) is 0 Å². The lowest BCUT2D eigenvalue weighted by atomic mass is 9.98. The predicted molar refractivity (Wildman–Crippen MR) is 184 cm³/mol. The Bertz CT molecular complexity index is 2010. The molecule has 4 N–H and O–H groups in total. The summed E-state index contributed by atoms with van der Waals surface area (Å²) in [4.78, 5) is 39.0. The number of nitrogens with zero attached hydrogens (tertiary/aromatic N) is 5. The van der Waals surface area contributed by atoms with Gasteiger partial charge in [0.2, 0.25) is 0 Å². The quantitative estimate of drug-likeness (QED) is 0.124. The van der Waals surface area contributed by atoms with Crippen molar-refractivity contribution in [3.05, 3.63) is 88.1 Å². The van der Waals surface area contributed by atoms with E-state index in [4.69, 9.17) is 28.2 Å². The first-order valence-electron chi connectivity index (χ1n) is 15.3. The van der Waals surface area contributed by atoms with Gasteiger partial charge in [-0.15, -0.1) is 0 Å². The molecule has 1 atom stereocenters. The van der Waals surface area contributed by atoms with Crippen LogP contribution in [-0.2, 0) is 11.3 Å². The van der Waals surface area contributed by atoms with Gasteiger partial charge in [0.25, 0.3) is 5.91 Å². The fraction of sp³-hybridized carbons (Fsp3) is 0.294. The van der Waals surface area contributed by atoms with E-state index in [2.05, 4.69) is 31.0 Å². The summed E-state index contributed by atoms with van der Waals surface area (Å²) in [5.41, 5.74) is 3.45. The molecule has 0 bridgehead atoms. The molecule has 0 radical (unpaired) electrons. The van der Waals surface area contributed by atoms with E-state index in [1.165, 1.54) is 0 Å². The lowest BCUT2D eigenvalue weighted by Gasteiger charge is -2.31. The summed E-state index contributed by atoms with van der Waals surface area (Å²) in [6.45, 7) is 7.92. The average Bonchev–Trinajstić information content (AvgIpc) is 3.49.